The van der Waals surface area contributed by atoms with Gasteiger partial charge in [0, 0.05) is 22.8 Å². The minimum atomic E-state index is -0.986. The number of benzene rings is 2. The first-order valence-corrected chi connectivity index (χ1v) is 10.3. The summed E-state index contributed by atoms with van der Waals surface area (Å²) < 4.78 is 5.51. The lowest BCUT2D eigenvalue weighted by Crippen LogP contribution is -2.22. The summed E-state index contributed by atoms with van der Waals surface area (Å²) in [5.74, 6) is -0.509. The third-order valence-corrected chi connectivity index (χ3v) is 6.33. The van der Waals surface area contributed by atoms with Crippen molar-refractivity contribution in [1.82, 2.24) is 0 Å². The monoisotopic (exact) mass is 407 g/mol. The fourth-order valence-corrected chi connectivity index (χ4v) is 4.91. The Morgan fingerprint density at radius 2 is 1.86 bits per heavy atom. The Bertz CT molecular complexity index is 1070. The number of amides is 1. The van der Waals surface area contributed by atoms with Gasteiger partial charge in [-0.25, -0.2) is 4.79 Å². The molecule has 1 aliphatic rings. The lowest BCUT2D eigenvalue weighted by molar-refractivity contribution is -0.116. The zero-order valence-corrected chi connectivity index (χ0v) is 17.0. The van der Waals surface area contributed by atoms with E-state index < -0.39 is 5.97 Å². The van der Waals surface area contributed by atoms with Gasteiger partial charge in [0.2, 0.25) is 5.91 Å². The molecule has 2 N–H and O–H groups in total. The van der Waals surface area contributed by atoms with Gasteiger partial charge in [0.25, 0.3) is 0 Å². The minimum Gasteiger partial charge on any atom is -0.494 e. The number of carboxylic acids is 1. The highest BCUT2D eigenvalue weighted by molar-refractivity contribution is 7.15. The van der Waals surface area contributed by atoms with Crippen LogP contribution in [0.15, 0.2) is 48.5 Å². The van der Waals surface area contributed by atoms with Gasteiger partial charge in [-0.05, 0) is 37.1 Å². The van der Waals surface area contributed by atoms with Crippen LogP contribution in [0, 0.1) is 6.92 Å². The van der Waals surface area contributed by atoms with Crippen molar-refractivity contribution in [3.8, 4) is 16.9 Å². The number of aryl methyl sites for hydroxylation is 1. The van der Waals surface area contributed by atoms with Gasteiger partial charge in [0.15, 0.2) is 0 Å². The van der Waals surface area contributed by atoms with Crippen molar-refractivity contribution < 1.29 is 19.4 Å². The predicted molar refractivity (Wildman–Crippen MR) is 114 cm³/mol. The van der Waals surface area contributed by atoms with Crippen molar-refractivity contribution in [3.05, 3.63) is 69.4 Å². The number of carbonyl (C=O) groups is 2. The first-order chi connectivity index (χ1) is 14.0. The van der Waals surface area contributed by atoms with E-state index in [1.54, 1.807) is 0 Å². The summed E-state index contributed by atoms with van der Waals surface area (Å²) in [4.78, 5) is 25.6. The van der Waals surface area contributed by atoms with Crippen LogP contribution in [-0.4, -0.2) is 23.6 Å². The summed E-state index contributed by atoms with van der Waals surface area (Å²) in [7, 11) is 0. The van der Waals surface area contributed by atoms with E-state index in [1.807, 2.05) is 62.4 Å². The molecule has 1 unspecified atom stereocenters. The molecule has 1 aromatic heterocycles. The van der Waals surface area contributed by atoms with Gasteiger partial charge in [-0.2, -0.15) is 0 Å². The van der Waals surface area contributed by atoms with E-state index in [1.165, 1.54) is 11.3 Å². The molecule has 2 aromatic carbocycles. The van der Waals surface area contributed by atoms with E-state index >= 15 is 0 Å². The normalized spacial score (nSPS) is 15.5. The van der Waals surface area contributed by atoms with Crippen LogP contribution in [0.25, 0.3) is 11.1 Å². The van der Waals surface area contributed by atoms with Crippen LogP contribution in [0.4, 0.5) is 5.69 Å². The lowest BCUT2D eigenvalue weighted by Gasteiger charge is -2.24. The summed E-state index contributed by atoms with van der Waals surface area (Å²) >= 11 is 1.24. The summed E-state index contributed by atoms with van der Waals surface area (Å²) in [6.45, 7) is 4.49. The number of ether oxygens (including phenoxy) is 1. The standard InChI is InChI=1S/C23H21NO4S/c1-3-28-16-10-8-14(9-11-16)17-12-18(25)24-20-19(15-6-4-13(2)5-7-15)22(23(26)27)29-21(17)20/h4-11,17H,3,12H2,1-2H3,(H,24,25)(H,26,27). The average molecular weight is 407 g/mol. The molecule has 1 amide bonds. The van der Waals surface area contributed by atoms with Crippen molar-refractivity contribution in [2.24, 2.45) is 0 Å². The maximum absolute atomic E-state index is 12.5. The van der Waals surface area contributed by atoms with Gasteiger partial charge in [-0.3, -0.25) is 4.79 Å². The molecule has 0 aliphatic carbocycles. The number of nitrogens with one attached hydrogen (secondary N) is 1. The van der Waals surface area contributed by atoms with E-state index in [4.69, 9.17) is 4.74 Å². The molecule has 1 atom stereocenters. The molecule has 5 nitrogen and oxygen atoms in total. The van der Waals surface area contributed by atoms with Gasteiger partial charge in [0.1, 0.15) is 10.6 Å². The molecule has 0 bridgehead atoms. The number of carboxylic acid groups (broad SMARTS) is 1. The number of anilines is 1. The minimum absolute atomic E-state index is 0.112. The second kappa shape index (κ2) is 7.72. The fraction of sp³-hybridized carbons (Fsp3) is 0.217. The predicted octanol–water partition coefficient (Wildman–Crippen LogP) is 5.29. The molecule has 148 valence electrons. The number of aromatic carboxylic acids is 1. The van der Waals surface area contributed by atoms with Gasteiger partial charge < -0.3 is 15.2 Å². The third-order valence-electron chi connectivity index (χ3n) is 5.03. The molecule has 0 spiro atoms. The number of hydrogen-bond donors (Lipinski definition) is 2. The van der Waals surface area contributed by atoms with E-state index in [-0.39, 0.29) is 23.1 Å². The largest absolute Gasteiger partial charge is 0.494 e. The topological polar surface area (TPSA) is 75.6 Å². The quantitative estimate of drug-likeness (QED) is 0.602. The highest BCUT2D eigenvalue weighted by atomic mass is 32.1. The molecule has 29 heavy (non-hydrogen) atoms. The first kappa shape index (κ1) is 19.2. The molecule has 0 radical (unpaired) electrons. The number of thiophene rings is 1. The van der Waals surface area contributed by atoms with Gasteiger partial charge >= 0.3 is 5.97 Å². The number of fused-ring (bicyclic) bond motifs is 1. The van der Waals surface area contributed by atoms with Crippen molar-refractivity contribution >= 4 is 28.9 Å². The molecule has 0 saturated heterocycles. The Morgan fingerprint density at radius 3 is 2.48 bits per heavy atom. The Morgan fingerprint density at radius 1 is 1.17 bits per heavy atom. The zero-order chi connectivity index (χ0) is 20.5. The van der Waals surface area contributed by atoms with Gasteiger partial charge in [-0.15, -0.1) is 11.3 Å². The average Bonchev–Trinajstić information content (AvgIpc) is 3.08. The maximum Gasteiger partial charge on any atom is 0.346 e. The molecule has 3 aromatic rings. The summed E-state index contributed by atoms with van der Waals surface area (Å²) in [5.41, 5.74) is 4.05. The maximum atomic E-state index is 12.5. The molecular formula is C23H21NO4S. The van der Waals surface area contributed by atoms with E-state index in [2.05, 4.69) is 5.32 Å². The van der Waals surface area contributed by atoms with Crippen LogP contribution in [0.1, 0.15) is 44.9 Å². The molecule has 4 rings (SSSR count). The molecular weight excluding hydrogens is 386 g/mol. The number of rotatable bonds is 5. The van der Waals surface area contributed by atoms with Gasteiger partial charge in [-0.1, -0.05) is 42.0 Å². The highest BCUT2D eigenvalue weighted by Crippen LogP contribution is 2.49. The van der Waals surface area contributed by atoms with Crippen LogP contribution in [-0.2, 0) is 4.79 Å². The van der Waals surface area contributed by atoms with Crippen LogP contribution in [0.5, 0.6) is 5.75 Å². The molecule has 1 aliphatic heterocycles. The van der Waals surface area contributed by atoms with Crippen molar-refractivity contribution in [1.29, 1.82) is 0 Å². The Balaban J connectivity index is 1.84. The van der Waals surface area contributed by atoms with Crippen molar-refractivity contribution in [2.45, 2.75) is 26.2 Å². The molecule has 6 heteroatoms. The summed E-state index contributed by atoms with van der Waals surface area (Å²) in [6, 6.07) is 15.4. The SMILES string of the molecule is CCOc1ccc(C2CC(=O)Nc3c2sc(C(=O)O)c3-c2ccc(C)cc2)cc1. The Labute approximate surface area is 173 Å². The zero-order valence-electron chi connectivity index (χ0n) is 16.2. The van der Waals surface area contributed by atoms with E-state index in [0.717, 1.165) is 27.3 Å². The highest BCUT2D eigenvalue weighted by Gasteiger charge is 2.34. The van der Waals surface area contributed by atoms with Gasteiger partial charge in [0.05, 0.1) is 12.3 Å². The van der Waals surface area contributed by atoms with Crippen molar-refractivity contribution in [2.75, 3.05) is 11.9 Å². The number of hydrogen-bond acceptors (Lipinski definition) is 4. The van der Waals surface area contributed by atoms with Crippen molar-refractivity contribution in [3.63, 3.8) is 0 Å². The Kier molecular flexibility index (Phi) is 5.11. The second-order valence-electron chi connectivity index (χ2n) is 7.02. The van der Waals surface area contributed by atoms with Crippen LogP contribution in [0.2, 0.25) is 0 Å². The van der Waals surface area contributed by atoms with E-state index in [9.17, 15) is 14.7 Å². The summed E-state index contributed by atoms with van der Waals surface area (Å²) in [6.07, 6.45) is 0.286. The van der Waals surface area contributed by atoms with Crippen LogP contribution >= 0.6 is 11.3 Å². The molecule has 0 saturated carbocycles. The van der Waals surface area contributed by atoms with Crippen LogP contribution < -0.4 is 10.1 Å². The van der Waals surface area contributed by atoms with E-state index in [0.29, 0.717) is 17.9 Å². The lowest BCUT2D eigenvalue weighted by atomic mass is 9.88. The first-order valence-electron chi connectivity index (χ1n) is 9.47. The number of carbonyl (C=O) groups excluding carboxylic acids is 1. The second-order valence-corrected chi connectivity index (χ2v) is 8.08. The summed E-state index contributed by atoms with van der Waals surface area (Å²) in [5, 5.41) is 12.8. The fourth-order valence-electron chi connectivity index (χ4n) is 3.67. The third kappa shape index (κ3) is 3.63. The Hall–Kier alpha value is -3.12. The van der Waals surface area contributed by atoms with Crippen LogP contribution in [0.3, 0.4) is 0 Å². The molecule has 2 heterocycles. The smallest absolute Gasteiger partial charge is 0.346 e. The molecule has 0 fully saturated rings.